The number of hydrogen-bond acceptors (Lipinski definition) is 7. The third-order valence-corrected chi connectivity index (χ3v) is 6.47. The first kappa shape index (κ1) is 23.3. The Morgan fingerprint density at radius 2 is 1.97 bits per heavy atom. The van der Waals surface area contributed by atoms with Crippen LogP contribution in [-0.4, -0.2) is 71.2 Å². The average Bonchev–Trinajstić information content (AvgIpc) is 3.16. The second kappa shape index (κ2) is 10.4. The first-order chi connectivity index (χ1) is 16.0. The van der Waals surface area contributed by atoms with Crippen LogP contribution in [0.15, 0.2) is 30.5 Å². The number of benzene rings is 1. The van der Waals surface area contributed by atoms with Crippen LogP contribution in [0.3, 0.4) is 0 Å². The van der Waals surface area contributed by atoms with Crippen molar-refractivity contribution in [3.05, 3.63) is 41.6 Å². The van der Waals surface area contributed by atoms with Gasteiger partial charge in [0.05, 0.1) is 19.2 Å². The maximum absolute atomic E-state index is 5.96. The summed E-state index contributed by atoms with van der Waals surface area (Å²) in [7, 11) is 6.04. The number of nitrogens with one attached hydrogen (secondary N) is 1. The van der Waals surface area contributed by atoms with E-state index in [1.807, 2.05) is 12.3 Å². The first-order valence-electron chi connectivity index (χ1n) is 11.9. The van der Waals surface area contributed by atoms with E-state index in [2.05, 4.69) is 68.9 Å². The third-order valence-electron chi connectivity index (χ3n) is 6.47. The van der Waals surface area contributed by atoms with Gasteiger partial charge < -0.3 is 25.3 Å². The van der Waals surface area contributed by atoms with Gasteiger partial charge >= 0.3 is 0 Å². The minimum Gasteiger partial charge on any atom is -0.496 e. The number of fused-ring (bicyclic) bond motifs is 1. The topological polar surface area (TPSA) is 84.5 Å². The van der Waals surface area contributed by atoms with Crippen LogP contribution in [0, 0.1) is 0 Å². The number of unbranched alkanes of at least 4 members (excludes halogenated alkanes) is 2. The number of likely N-dealkylation sites (N-methyl/N-ethyl adjacent to an activating group) is 1. The van der Waals surface area contributed by atoms with Crippen molar-refractivity contribution >= 4 is 22.8 Å². The Bertz CT molecular complexity index is 1070. The Kier molecular flexibility index (Phi) is 7.35. The molecule has 0 spiro atoms. The first-order valence-corrected chi connectivity index (χ1v) is 11.9. The van der Waals surface area contributed by atoms with Crippen molar-refractivity contribution in [3.8, 4) is 5.75 Å². The Morgan fingerprint density at radius 1 is 1.15 bits per heavy atom. The quantitative estimate of drug-likeness (QED) is 0.432. The summed E-state index contributed by atoms with van der Waals surface area (Å²) in [4.78, 5) is 13.7. The Morgan fingerprint density at radius 3 is 2.70 bits per heavy atom. The van der Waals surface area contributed by atoms with Crippen molar-refractivity contribution < 1.29 is 4.74 Å². The molecule has 0 atom stereocenters. The monoisotopic (exact) mass is 451 g/mol. The van der Waals surface area contributed by atoms with Gasteiger partial charge in [0.2, 0.25) is 5.95 Å². The van der Waals surface area contributed by atoms with E-state index in [1.165, 1.54) is 18.4 Å². The lowest BCUT2D eigenvalue weighted by Crippen LogP contribution is -2.56. The highest BCUT2D eigenvalue weighted by Gasteiger charge is 2.28. The Balaban J connectivity index is 1.51. The SMILES string of the molecule is CCCCCNc1nc(N)nc2ccn(Cc3ccc(CN4CC(N(C)C)C4)cc3OC)c12. The van der Waals surface area contributed by atoms with Gasteiger partial charge in [0.1, 0.15) is 11.3 Å². The molecule has 0 aliphatic carbocycles. The van der Waals surface area contributed by atoms with Gasteiger partial charge in [0.15, 0.2) is 5.82 Å². The minimum atomic E-state index is 0.294. The second-order valence-electron chi connectivity index (χ2n) is 9.20. The predicted octanol–water partition coefficient (Wildman–Crippen LogP) is 3.42. The lowest BCUT2D eigenvalue weighted by atomic mass is 10.0. The summed E-state index contributed by atoms with van der Waals surface area (Å²) in [6.07, 6.45) is 5.52. The van der Waals surface area contributed by atoms with Gasteiger partial charge in [-0.25, -0.2) is 4.98 Å². The van der Waals surface area contributed by atoms with Gasteiger partial charge in [-0.05, 0) is 38.2 Å². The zero-order chi connectivity index (χ0) is 23.4. The largest absolute Gasteiger partial charge is 0.496 e. The van der Waals surface area contributed by atoms with Crippen molar-refractivity contribution in [2.75, 3.05) is 51.9 Å². The standard InChI is InChI=1S/C25H37N7O/c1-5-6-7-11-27-24-23-21(28-25(26)29-24)10-12-32(23)15-19-9-8-18(13-22(19)33-4)14-31-16-20(17-31)30(2)3/h8-10,12-13,20H,5-7,11,14-17H2,1-4H3,(H3,26,27,28,29). The molecule has 3 N–H and O–H groups in total. The molecule has 1 saturated heterocycles. The number of ether oxygens (including phenoxy) is 1. The molecule has 33 heavy (non-hydrogen) atoms. The molecule has 1 aromatic carbocycles. The fourth-order valence-corrected chi connectivity index (χ4v) is 4.42. The smallest absolute Gasteiger partial charge is 0.222 e. The zero-order valence-corrected chi connectivity index (χ0v) is 20.3. The summed E-state index contributed by atoms with van der Waals surface area (Å²) in [6.45, 7) is 6.93. The van der Waals surface area contributed by atoms with E-state index < -0.39 is 0 Å². The van der Waals surface area contributed by atoms with Gasteiger partial charge in [-0.1, -0.05) is 31.9 Å². The van der Waals surface area contributed by atoms with Crippen LogP contribution in [0.1, 0.15) is 37.3 Å². The number of rotatable bonds is 11. The Hall–Kier alpha value is -2.84. The number of anilines is 2. The van der Waals surface area contributed by atoms with E-state index in [0.29, 0.717) is 18.5 Å². The Labute approximate surface area is 196 Å². The van der Waals surface area contributed by atoms with E-state index in [0.717, 1.165) is 60.8 Å². The molecule has 0 saturated carbocycles. The lowest BCUT2D eigenvalue weighted by molar-refractivity contribution is 0.0573. The summed E-state index contributed by atoms with van der Waals surface area (Å²) in [6, 6.07) is 9.22. The average molecular weight is 452 g/mol. The summed E-state index contributed by atoms with van der Waals surface area (Å²) in [5.41, 5.74) is 10.2. The number of aromatic nitrogens is 3. The lowest BCUT2D eigenvalue weighted by Gasteiger charge is -2.42. The van der Waals surface area contributed by atoms with E-state index in [9.17, 15) is 0 Å². The zero-order valence-electron chi connectivity index (χ0n) is 20.3. The molecule has 0 amide bonds. The van der Waals surface area contributed by atoms with E-state index in [4.69, 9.17) is 10.5 Å². The number of nitrogens with two attached hydrogens (primary N) is 1. The van der Waals surface area contributed by atoms with Crippen LogP contribution < -0.4 is 15.8 Å². The highest BCUT2D eigenvalue weighted by molar-refractivity contribution is 5.87. The van der Waals surface area contributed by atoms with Gasteiger partial charge in [0.25, 0.3) is 0 Å². The molecule has 1 fully saturated rings. The van der Waals surface area contributed by atoms with Crippen molar-refractivity contribution in [2.24, 2.45) is 0 Å². The van der Waals surface area contributed by atoms with Gasteiger partial charge in [-0.3, -0.25) is 4.90 Å². The van der Waals surface area contributed by atoms with Crippen LogP contribution in [0.4, 0.5) is 11.8 Å². The normalized spacial score (nSPS) is 14.7. The molecule has 178 valence electrons. The van der Waals surface area contributed by atoms with Crippen LogP contribution in [-0.2, 0) is 13.1 Å². The van der Waals surface area contributed by atoms with E-state index >= 15 is 0 Å². The van der Waals surface area contributed by atoms with E-state index in [1.54, 1.807) is 7.11 Å². The highest BCUT2D eigenvalue weighted by atomic mass is 16.5. The maximum atomic E-state index is 5.96. The number of nitrogen functional groups attached to an aromatic ring is 1. The summed E-state index contributed by atoms with van der Waals surface area (Å²) < 4.78 is 7.95. The summed E-state index contributed by atoms with van der Waals surface area (Å²) >= 11 is 0. The van der Waals surface area contributed by atoms with Crippen molar-refractivity contribution in [1.82, 2.24) is 24.3 Å². The highest BCUT2D eigenvalue weighted by Crippen LogP contribution is 2.28. The van der Waals surface area contributed by atoms with Crippen molar-refractivity contribution in [2.45, 2.75) is 45.3 Å². The molecular formula is C25H37N7O. The maximum Gasteiger partial charge on any atom is 0.222 e. The molecular weight excluding hydrogens is 414 g/mol. The predicted molar refractivity (Wildman–Crippen MR) is 135 cm³/mol. The third kappa shape index (κ3) is 5.39. The molecule has 1 aliphatic heterocycles. The molecule has 8 nitrogen and oxygen atoms in total. The molecule has 8 heteroatoms. The molecule has 3 aromatic rings. The summed E-state index contributed by atoms with van der Waals surface area (Å²) in [5.74, 6) is 2.00. The fraction of sp³-hybridized carbons (Fsp3) is 0.520. The summed E-state index contributed by atoms with van der Waals surface area (Å²) in [5, 5.41) is 3.47. The molecule has 3 heterocycles. The minimum absolute atomic E-state index is 0.294. The molecule has 4 rings (SSSR count). The van der Waals surface area contributed by atoms with Crippen LogP contribution in [0.5, 0.6) is 5.75 Å². The van der Waals surface area contributed by atoms with Gasteiger partial charge in [-0.2, -0.15) is 4.98 Å². The van der Waals surface area contributed by atoms with Crippen LogP contribution >= 0.6 is 0 Å². The van der Waals surface area contributed by atoms with Crippen LogP contribution in [0.2, 0.25) is 0 Å². The number of hydrogen-bond donors (Lipinski definition) is 2. The number of nitrogens with zero attached hydrogens (tertiary/aromatic N) is 5. The van der Waals surface area contributed by atoms with Gasteiger partial charge in [-0.15, -0.1) is 0 Å². The molecule has 1 aliphatic rings. The number of methoxy groups -OCH3 is 1. The molecule has 0 unspecified atom stereocenters. The van der Waals surface area contributed by atoms with Gasteiger partial charge in [0, 0.05) is 44.0 Å². The van der Waals surface area contributed by atoms with Crippen molar-refractivity contribution in [3.63, 3.8) is 0 Å². The molecule has 2 aromatic heterocycles. The molecule has 0 radical (unpaired) electrons. The number of likely N-dealkylation sites (tertiary alicyclic amines) is 1. The second-order valence-corrected chi connectivity index (χ2v) is 9.20. The van der Waals surface area contributed by atoms with Crippen LogP contribution in [0.25, 0.3) is 11.0 Å². The van der Waals surface area contributed by atoms with Crippen molar-refractivity contribution in [1.29, 1.82) is 0 Å². The van der Waals surface area contributed by atoms with E-state index in [-0.39, 0.29) is 0 Å². The fourth-order valence-electron chi connectivity index (χ4n) is 4.42. The molecule has 0 bridgehead atoms.